The van der Waals surface area contributed by atoms with Crippen LogP contribution in [0.5, 0.6) is 5.75 Å². The molecule has 0 heterocycles. The molecule has 0 aliphatic carbocycles. The average molecular weight is 224 g/mol. The largest absolute Gasteiger partial charge is 0.485 e. The fourth-order valence-corrected chi connectivity index (χ4v) is 1.24. The normalized spacial score (nSPS) is 10.4. The van der Waals surface area contributed by atoms with Crippen molar-refractivity contribution in [2.45, 2.75) is 19.9 Å². The molecule has 0 bridgehead atoms. The molecule has 0 saturated carbocycles. The van der Waals surface area contributed by atoms with Crippen LogP contribution in [0.2, 0.25) is 0 Å². The number of nitrogens with one attached hydrogen (secondary N) is 1. The van der Waals surface area contributed by atoms with E-state index in [0.29, 0.717) is 24.9 Å². The van der Waals surface area contributed by atoms with Gasteiger partial charge in [-0.2, -0.15) is 0 Å². The highest BCUT2D eigenvalue weighted by Crippen LogP contribution is 2.25. The van der Waals surface area contributed by atoms with Crippen LogP contribution in [0.3, 0.4) is 0 Å². The second-order valence-corrected chi connectivity index (χ2v) is 3.68. The van der Waals surface area contributed by atoms with Crippen LogP contribution in [0.1, 0.15) is 13.8 Å². The quantitative estimate of drug-likeness (QED) is 0.456. The molecule has 0 spiro atoms. The Morgan fingerprint density at radius 3 is 2.75 bits per heavy atom. The molecule has 0 aliphatic heterocycles. The van der Waals surface area contributed by atoms with Crippen molar-refractivity contribution in [2.24, 2.45) is 0 Å². The molecule has 0 atom stereocenters. The third-order valence-electron chi connectivity index (χ3n) is 1.97. The molecule has 1 rings (SSSR count). The highest BCUT2D eigenvalue weighted by atomic mass is 16.6. The van der Waals surface area contributed by atoms with Crippen molar-refractivity contribution in [2.75, 3.05) is 13.2 Å². The Bertz CT molecular complexity index is 353. The van der Waals surface area contributed by atoms with E-state index in [1.165, 1.54) is 6.07 Å². The van der Waals surface area contributed by atoms with Crippen molar-refractivity contribution < 1.29 is 9.66 Å². The predicted molar refractivity (Wildman–Crippen MR) is 61.7 cm³/mol. The van der Waals surface area contributed by atoms with Gasteiger partial charge in [-0.15, -0.1) is 0 Å². The summed E-state index contributed by atoms with van der Waals surface area (Å²) in [6.45, 7) is 5.16. The van der Waals surface area contributed by atoms with Gasteiger partial charge >= 0.3 is 5.69 Å². The van der Waals surface area contributed by atoms with Gasteiger partial charge in [-0.3, -0.25) is 10.1 Å². The Hall–Kier alpha value is -1.62. The van der Waals surface area contributed by atoms with E-state index >= 15 is 0 Å². The summed E-state index contributed by atoms with van der Waals surface area (Å²) in [6.07, 6.45) is 0. The zero-order valence-electron chi connectivity index (χ0n) is 9.47. The van der Waals surface area contributed by atoms with E-state index in [4.69, 9.17) is 4.74 Å². The molecule has 0 aromatic heterocycles. The number of ether oxygens (including phenoxy) is 1. The number of nitro groups is 1. The number of nitrogens with zero attached hydrogens (tertiary/aromatic N) is 1. The van der Waals surface area contributed by atoms with Gasteiger partial charge in [0.15, 0.2) is 5.75 Å². The average Bonchev–Trinajstić information content (AvgIpc) is 2.24. The van der Waals surface area contributed by atoms with E-state index in [9.17, 15) is 10.1 Å². The highest BCUT2D eigenvalue weighted by Gasteiger charge is 2.12. The summed E-state index contributed by atoms with van der Waals surface area (Å²) in [5, 5.41) is 13.8. The zero-order valence-corrected chi connectivity index (χ0v) is 9.47. The minimum Gasteiger partial charge on any atom is -0.485 e. The molecule has 0 amide bonds. The van der Waals surface area contributed by atoms with Gasteiger partial charge < -0.3 is 10.1 Å². The molecule has 88 valence electrons. The number of benzene rings is 1. The van der Waals surface area contributed by atoms with Crippen LogP contribution in [-0.2, 0) is 0 Å². The maximum atomic E-state index is 10.7. The molecule has 1 aromatic carbocycles. The smallest absolute Gasteiger partial charge is 0.310 e. The summed E-state index contributed by atoms with van der Waals surface area (Å²) in [5.41, 5.74) is 0.00652. The summed E-state index contributed by atoms with van der Waals surface area (Å²) in [6, 6.07) is 6.77. The minimum atomic E-state index is -0.439. The third kappa shape index (κ3) is 3.86. The highest BCUT2D eigenvalue weighted by molar-refractivity contribution is 5.45. The van der Waals surface area contributed by atoms with E-state index < -0.39 is 4.92 Å². The van der Waals surface area contributed by atoms with E-state index in [1.54, 1.807) is 18.2 Å². The van der Waals surface area contributed by atoms with Gasteiger partial charge in [0.2, 0.25) is 0 Å². The number of rotatable bonds is 6. The standard InChI is InChI=1S/C11H16N2O3/c1-9(2)12-7-8-16-11-6-4-3-5-10(11)13(14)15/h3-6,9,12H,7-8H2,1-2H3. The van der Waals surface area contributed by atoms with Crippen molar-refractivity contribution >= 4 is 5.69 Å². The van der Waals surface area contributed by atoms with Crippen molar-refractivity contribution in [1.29, 1.82) is 0 Å². The van der Waals surface area contributed by atoms with Gasteiger partial charge in [-0.05, 0) is 6.07 Å². The van der Waals surface area contributed by atoms with Crippen LogP contribution in [-0.4, -0.2) is 24.1 Å². The first-order valence-corrected chi connectivity index (χ1v) is 5.21. The Balaban J connectivity index is 2.50. The molecular weight excluding hydrogens is 208 g/mol. The maximum absolute atomic E-state index is 10.7. The van der Waals surface area contributed by atoms with Crippen LogP contribution in [0.15, 0.2) is 24.3 Å². The molecule has 0 aliphatic rings. The van der Waals surface area contributed by atoms with E-state index in [1.807, 2.05) is 13.8 Å². The predicted octanol–water partition coefficient (Wildman–Crippen LogP) is 1.97. The Morgan fingerprint density at radius 1 is 1.44 bits per heavy atom. The first-order chi connectivity index (χ1) is 7.61. The Kier molecular flexibility index (Phi) is 4.72. The van der Waals surface area contributed by atoms with Gasteiger partial charge in [0, 0.05) is 18.7 Å². The number of nitro benzene ring substituents is 1. The molecule has 0 saturated heterocycles. The fraction of sp³-hybridized carbons (Fsp3) is 0.455. The number of hydrogen-bond donors (Lipinski definition) is 1. The molecule has 1 N–H and O–H groups in total. The Morgan fingerprint density at radius 2 is 2.12 bits per heavy atom. The summed E-state index contributed by atoms with van der Waals surface area (Å²) in [5.74, 6) is 0.318. The molecule has 5 heteroatoms. The fourth-order valence-electron chi connectivity index (χ4n) is 1.24. The van der Waals surface area contributed by atoms with Gasteiger partial charge in [0.25, 0.3) is 0 Å². The van der Waals surface area contributed by atoms with Gasteiger partial charge in [-0.25, -0.2) is 0 Å². The third-order valence-corrected chi connectivity index (χ3v) is 1.97. The van der Waals surface area contributed by atoms with Crippen molar-refractivity contribution in [3.8, 4) is 5.75 Å². The lowest BCUT2D eigenvalue weighted by atomic mass is 10.3. The zero-order chi connectivity index (χ0) is 12.0. The monoisotopic (exact) mass is 224 g/mol. The lowest BCUT2D eigenvalue weighted by Gasteiger charge is -2.09. The molecule has 16 heavy (non-hydrogen) atoms. The van der Waals surface area contributed by atoms with Gasteiger partial charge in [0.05, 0.1) is 4.92 Å². The molecule has 0 radical (unpaired) electrons. The molecular formula is C11H16N2O3. The topological polar surface area (TPSA) is 64.4 Å². The second kappa shape index (κ2) is 6.07. The Labute approximate surface area is 94.6 Å². The van der Waals surface area contributed by atoms with Crippen molar-refractivity contribution in [1.82, 2.24) is 5.32 Å². The van der Waals surface area contributed by atoms with E-state index in [-0.39, 0.29) is 5.69 Å². The minimum absolute atomic E-state index is 0.00652. The van der Waals surface area contributed by atoms with Crippen LogP contribution < -0.4 is 10.1 Å². The van der Waals surface area contributed by atoms with Crippen LogP contribution in [0.4, 0.5) is 5.69 Å². The molecule has 1 aromatic rings. The van der Waals surface area contributed by atoms with Crippen molar-refractivity contribution in [3.05, 3.63) is 34.4 Å². The number of para-hydroxylation sites is 2. The summed E-state index contributed by atoms with van der Waals surface area (Å²) in [4.78, 5) is 10.2. The maximum Gasteiger partial charge on any atom is 0.310 e. The SMILES string of the molecule is CC(C)NCCOc1ccccc1[N+](=O)[O-]. The lowest BCUT2D eigenvalue weighted by Crippen LogP contribution is -2.27. The van der Waals surface area contributed by atoms with Crippen molar-refractivity contribution in [3.63, 3.8) is 0 Å². The molecule has 0 unspecified atom stereocenters. The van der Waals surface area contributed by atoms with Gasteiger partial charge in [-0.1, -0.05) is 26.0 Å². The molecule has 5 nitrogen and oxygen atoms in total. The summed E-state index contributed by atoms with van der Waals surface area (Å²) in [7, 11) is 0. The number of hydrogen-bond acceptors (Lipinski definition) is 4. The first kappa shape index (κ1) is 12.4. The lowest BCUT2D eigenvalue weighted by molar-refractivity contribution is -0.385. The van der Waals surface area contributed by atoms with Crippen LogP contribution >= 0.6 is 0 Å². The summed E-state index contributed by atoms with van der Waals surface area (Å²) >= 11 is 0. The van der Waals surface area contributed by atoms with Crippen LogP contribution in [0.25, 0.3) is 0 Å². The van der Waals surface area contributed by atoms with Gasteiger partial charge in [0.1, 0.15) is 6.61 Å². The summed E-state index contributed by atoms with van der Waals surface area (Å²) < 4.78 is 5.34. The second-order valence-electron chi connectivity index (χ2n) is 3.68. The first-order valence-electron chi connectivity index (χ1n) is 5.21. The van der Waals surface area contributed by atoms with E-state index in [0.717, 1.165) is 0 Å². The van der Waals surface area contributed by atoms with E-state index in [2.05, 4.69) is 5.32 Å². The molecule has 0 fully saturated rings. The van der Waals surface area contributed by atoms with Crippen LogP contribution in [0, 0.1) is 10.1 Å².